The van der Waals surface area contributed by atoms with Crippen LogP contribution < -0.4 is 19.6 Å². The minimum Gasteiger partial charge on any atom is -0.497 e. The van der Waals surface area contributed by atoms with Crippen LogP contribution in [0, 0.1) is 0 Å². The fraction of sp³-hybridized carbons (Fsp3) is 0.214. The number of amides is 1. The molecule has 3 aromatic carbocycles. The number of carbonyl (C=O) groups is 1. The van der Waals surface area contributed by atoms with Crippen molar-refractivity contribution in [3.8, 4) is 34.3 Å². The van der Waals surface area contributed by atoms with Crippen LogP contribution in [0.2, 0.25) is 0 Å². The summed E-state index contributed by atoms with van der Waals surface area (Å²) in [4.78, 5) is 12.5. The molecule has 0 atom stereocenters. The lowest BCUT2D eigenvalue weighted by atomic mass is 10.2. The van der Waals surface area contributed by atoms with Gasteiger partial charge in [0.15, 0.2) is 11.0 Å². The Morgan fingerprint density at radius 2 is 1.55 bits per heavy atom. The Labute approximate surface area is 225 Å². The van der Waals surface area contributed by atoms with Gasteiger partial charge in [0.2, 0.25) is 0 Å². The van der Waals surface area contributed by atoms with E-state index in [1.54, 1.807) is 20.4 Å². The third-order valence-corrected chi connectivity index (χ3v) is 6.33. The van der Waals surface area contributed by atoms with E-state index in [0.717, 1.165) is 40.5 Å². The van der Waals surface area contributed by atoms with Gasteiger partial charge in [0.1, 0.15) is 17.2 Å². The molecule has 0 spiro atoms. The lowest BCUT2D eigenvalue weighted by molar-refractivity contribution is -0.118. The third kappa shape index (κ3) is 6.92. The largest absolute Gasteiger partial charge is 0.497 e. The van der Waals surface area contributed by atoms with Crippen molar-refractivity contribution in [3.05, 3.63) is 78.4 Å². The van der Waals surface area contributed by atoms with Gasteiger partial charge in [0.25, 0.3) is 5.91 Å². The SMILES string of the molecule is CCCOc1ccc(/C=N\NC(=O)CSc2nnc(-c3ccc(OC)cc3)n2-c2ccc(OC)cc2)cc1. The van der Waals surface area contributed by atoms with Crippen LogP contribution in [0.4, 0.5) is 0 Å². The van der Waals surface area contributed by atoms with Gasteiger partial charge in [0, 0.05) is 11.3 Å². The summed E-state index contributed by atoms with van der Waals surface area (Å²) in [7, 11) is 3.24. The predicted molar refractivity (Wildman–Crippen MR) is 149 cm³/mol. The minimum absolute atomic E-state index is 0.109. The highest BCUT2D eigenvalue weighted by molar-refractivity contribution is 7.99. The molecule has 1 aromatic heterocycles. The number of nitrogens with one attached hydrogen (secondary N) is 1. The lowest BCUT2D eigenvalue weighted by Gasteiger charge is -2.11. The smallest absolute Gasteiger partial charge is 0.250 e. The predicted octanol–water partition coefficient (Wildman–Crippen LogP) is 4.98. The van der Waals surface area contributed by atoms with E-state index < -0.39 is 0 Å². The van der Waals surface area contributed by atoms with E-state index in [4.69, 9.17) is 14.2 Å². The number of carbonyl (C=O) groups excluding carboxylic acids is 1. The summed E-state index contributed by atoms with van der Waals surface area (Å²) in [6.45, 7) is 2.74. The molecule has 1 N–H and O–H groups in total. The molecule has 4 aromatic rings. The van der Waals surface area contributed by atoms with E-state index in [2.05, 4.69) is 27.6 Å². The minimum atomic E-state index is -0.260. The van der Waals surface area contributed by atoms with Crippen LogP contribution in [0.1, 0.15) is 18.9 Å². The zero-order chi connectivity index (χ0) is 26.7. The Kier molecular flexibility index (Phi) is 9.36. The van der Waals surface area contributed by atoms with Crippen molar-refractivity contribution in [2.24, 2.45) is 5.10 Å². The normalized spacial score (nSPS) is 10.9. The number of ether oxygens (including phenoxy) is 3. The van der Waals surface area contributed by atoms with Gasteiger partial charge in [-0.1, -0.05) is 18.7 Å². The molecule has 196 valence electrons. The maximum atomic E-state index is 12.5. The number of rotatable bonds is 12. The van der Waals surface area contributed by atoms with Crippen molar-refractivity contribution in [1.82, 2.24) is 20.2 Å². The standard InChI is InChI=1S/C28H29N5O4S/c1-4-17-37-25-11-5-20(6-12-25)18-29-30-26(34)19-38-28-32-31-27(21-7-13-23(35-2)14-8-21)33(28)22-9-15-24(36-3)16-10-22/h5-16,18H,4,17,19H2,1-3H3,(H,30,34)/b29-18-. The summed E-state index contributed by atoms with van der Waals surface area (Å²) in [6, 6.07) is 22.7. The van der Waals surface area contributed by atoms with Gasteiger partial charge in [-0.2, -0.15) is 5.10 Å². The number of thioether (sulfide) groups is 1. The topological polar surface area (TPSA) is 99.9 Å². The second-order valence-corrected chi connectivity index (χ2v) is 9.01. The summed E-state index contributed by atoms with van der Waals surface area (Å²) in [5, 5.41) is 13.4. The second kappa shape index (κ2) is 13.3. The van der Waals surface area contributed by atoms with Crippen LogP contribution in [0.15, 0.2) is 83.1 Å². The number of aromatic nitrogens is 3. The van der Waals surface area contributed by atoms with Crippen molar-refractivity contribution < 1.29 is 19.0 Å². The molecule has 10 heteroatoms. The summed E-state index contributed by atoms with van der Waals surface area (Å²) in [5.41, 5.74) is 5.12. The quantitative estimate of drug-likeness (QED) is 0.156. The molecule has 1 amide bonds. The van der Waals surface area contributed by atoms with E-state index in [1.807, 2.05) is 77.4 Å². The molecule has 0 aliphatic heterocycles. The molecule has 0 saturated heterocycles. The zero-order valence-corrected chi connectivity index (χ0v) is 22.3. The molecule has 0 aliphatic rings. The maximum Gasteiger partial charge on any atom is 0.250 e. The molecule has 1 heterocycles. The molecule has 4 rings (SSSR count). The first-order valence-corrected chi connectivity index (χ1v) is 13.0. The van der Waals surface area contributed by atoms with Gasteiger partial charge < -0.3 is 14.2 Å². The molecular weight excluding hydrogens is 502 g/mol. The average molecular weight is 532 g/mol. The Morgan fingerprint density at radius 1 is 0.921 bits per heavy atom. The zero-order valence-electron chi connectivity index (χ0n) is 21.5. The number of methoxy groups -OCH3 is 2. The highest BCUT2D eigenvalue weighted by Gasteiger charge is 2.17. The molecular formula is C28H29N5O4S. The first-order valence-electron chi connectivity index (χ1n) is 12.0. The van der Waals surface area contributed by atoms with Crippen molar-refractivity contribution >= 4 is 23.9 Å². The van der Waals surface area contributed by atoms with E-state index in [-0.39, 0.29) is 11.7 Å². The summed E-state index contributed by atoms with van der Waals surface area (Å²) < 4.78 is 18.1. The van der Waals surface area contributed by atoms with Crippen LogP contribution in [-0.4, -0.2) is 53.5 Å². The number of hydrogen-bond acceptors (Lipinski definition) is 8. The second-order valence-electron chi connectivity index (χ2n) is 8.07. The number of nitrogens with zero attached hydrogens (tertiary/aromatic N) is 4. The average Bonchev–Trinajstić information content (AvgIpc) is 3.39. The maximum absolute atomic E-state index is 12.5. The number of hydrazone groups is 1. The van der Waals surface area contributed by atoms with Gasteiger partial charge >= 0.3 is 0 Å². The van der Waals surface area contributed by atoms with E-state index in [9.17, 15) is 4.79 Å². The molecule has 0 saturated carbocycles. The van der Waals surface area contributed by atoms with Gasteiger partial charge in [0.05, 0.1) is 32.8 Å². The molecule has 0 aliphatic carbocycles. The van der Waals surface area contributed by atoms with E-state index in [0.29, 0.717) is 17.6 Å². The molecule has 0 fully saturated rings. The van der Waals surface area contributed by atoms with Crippen molar-refractivity contribution in [2.45, 2.75) is 18.5 Å². The van der Waals surface area contributed by atoms with Crippen molar-refractivity contribution in [1.29, 1.82) is 0 Å². The van der Waals surface area contributed by atoms with E-state index in [1.165, 1.54) is 11.8 Å². The molecule has 0 unspecified atom stereocenters. The lowest BCUT2D eigenvalue weighted by Crippen LogP contribution is -2.20. The Bertz CT molecular complexity index is 1350. The van der Waals surface area contributed by atoms with Crippen LogP contribution in [0.5, 0.6) is 17.2 Å². The summed E-state index contributed by atoms with van der Waals surface area (Å²) in [5.74, 6) is 2.78. The Balaban J connectivity index is 1.45. The first-order chi connectivity index (χ1) is 18.6. The fourth-order valence-corrected chi connectivity index (χ4v) is 4.21. The van der Waals surface area contributed by atoms with Crippen LogP contribution in [0.3, 0.4) is 0 Å². The van der Waals surface area contributed by atoms with Crippen molar-refractivity contribution in [3.63, 3.8) is 0 Å². The molecule has 0 radical (unpaired) electrons. The molecule has 0 bridgehead atoms. The number of benzene rings is 3. The van der Waals surface area contributed by atoms with Gasteiger partial charge in [-0.05, 0) is 84.8 Å². The van der Waals surface area contributed by atoms with Gasteiger partial charge in [-0.25, -0.2) is 5.43 Å². The number of hydrogen-bond donors (Lipinski definition) is 1. The van der Waals surface area contributed by atoms with Crippen LogP contribution in [-0.2, 0) is 4.79 Å². The highest BCUT2D eigenvalue weighted by atomic mass is 32.2. The monoisotopic (exact) mass is 531 g/mol. The third-order valence-electron chi connectivity index (χ3n) is 5.40. The van der Waals surface area contributed by atoms with Gasteiger partial charge in [-0.3, -0.25) is 9.36 Å². The van der Waals surface area contributed by atoms with Crippen LogP contribution in [0.25, 0.3) is 17.1 Å². The summed E-state index contributed by atoms with van der Waals surface area (Å²) in [6.07, 6.45) is 2.54. The Hall–Kier alpha value is -4.31. The first kappa shape index (κ1) is 26.7. The highest BCUT2D eigenvalue weighted by Crippen LogP contribution is 2.29. The Morgan fingerprint density at radius 3 is 2.18 bits per heavy atom. The van der Waals surface area contributed by atoms with Crippen LogP contribution >= 0.6 is 11.8 Å². The van der Waals surface area contributed by atoms with Gasteiger partial charge in [-0.15, -0.1) is 10.2 Å². The fourth-order valence-electron chi connectivity index (χ4n) is 3.47. The van der Waals surface area contributed by atoms with Crippen molar-refractivity contribution in [2.75, 3.05) is 26.6 Å². The molecule has 9 nitrogen and oxygen atoms in total. The summed E-state index contributed by atoms with van der Waals surface area (Å²) >= 11 is 1.27. The molecule has 38 heavy (non-hydrogen) atoms. The van der Waals surface area contributed by atoms with E-state index >= 15 is 0 Å².